The number of hydrogen-bond acceptors (Lipinski definition) is 1. The molecule has 0 radical (unpaired) electrons. The Morgan fingerprint density at radius 1 is 0.944 bits per heavy atom. The molecule has 1 atom stereocenters. The van der Waals surface area contributed by atoms with E-state index < -0.39 is 0 Å². The third-order valence-corrected chi connectivity index (χ3v) is 3.28. The van der Waals surface area contributed by atoms with Crippen molar-refractivity contribution in [3.63, 3.8) is 0 Å². The Kier molecular flexibility index (Phi) is 4.84. The molecule has 0 aromatic heterocycles. The van der Waals surface area contributed by atoms with Crippen LogP contribution in [0.3, 0.4) is 0 Å². The molecule has 1 unspecified atom stereocenters. The molecule has 0 amide bonds. The van der Waals surface area contributed by atoms with Gasteiger partial charge in [-0.25, -0.2) is 0 Å². The van der Waals surface area contributed by atoms with Gasteiger partial charge in [-0.15, -0.1) is 0 Å². The first kappa shape index (κ1) is 15.1. The molecule has 0 aliphatic heterocycles. The quantitative estimate of drug-likeness (QED) is 0.714. The minimum atomic E-state index is 0.280. The first-order valence-electron chi connectivity index (χ1n) is 6.86. The second-order valence-corrected chi connectivity index (χ2v) is 7.45. The van der Waals surface area contributed by atoms with E-state index in [0.717, 1.165) is 12.4 Å². The van der Waals surface area contributed by atoms with Crippen LogP contribution in [0.5, 0.6) is 5.75 Å². The molecule has 1 heteroatoms. The van der Waals surface area contributed by atoms with Crippen molar-refractivity contribution in [2.45, 2.75) is 48.0 Å². The Labute approximate surface area is 113 Å². The molecule has 18 heavy (non-hydrogen) atoms. The van der Waals surface area contributed by atoms with Crippen LogP contribution < -0.4 is 4.74 Å². The molecule has 0 spiro atoms. The zero-order valence-electron chi connectivity index (χ0n) is 12.8. The summed E-state index contributed by atoms with van der Waals surface area (Å²) in [5.41, 5.74) is 0.625. The molecule has 1 aromatic rings. The van der Waals surface area contributed by atoms with Gasteiger partial charge in [0.05, 0.1) is 6.61 Å². The number of benzene rings is 1. The van der Waals surface area contributed by atoms with Gasteiger partial charge in [0, 0.05) is 0 Å². The predicted octanol–water partition coefficient (Wildman–Crippen LogP) is 5.16. The van der Waals surface area contributed by atoms with Gasteiger partial charge in [-0.2, -0.15) is 0 Å². The van der Waals surface area contributed by atoms with Crippen LogP contribution in [0, 0.1) is 16.7 Å². The summed E-state index contributed by atoms with van der Waals surface area (Å²) in [5, 5.41) is 0. The minimum absolute atomic E-state index is 0.280. The number of rotatable bonds is 4. The highest BCUT2D eigenvalue weighted by molar-refractivity contribution is 5.20. The van der Waals surface area contributed by atoms with E-state index in [0.29, 0.717) is 11.3 Å². The summed E-state index contributed by atoms with van der Waals surface area (Å²) in [4.78, 5) is 0. The van der Waals surface area contributed by atoms with E-state index in [1.807, 2.05) is 30.3 Å². The first-order chi connectivity index (χ1) is 8.18. The van der Waals surface area contributed by atoms with E-state index in [1.54, 1.807) is 0 Å². The van der Waals surface area contributed by atoms with Crippen molar-refractivity contribution in [2.24, 2.45) is 16.7 Å². The number of ether oxygens (including phenoxy) is 1. The summed E-state index contributed by atoms with van der Waals surface area (Å²) in [6.45, 7) is 14.6. The molecule has 1 rings (SSSR count). The minimum Gasteiger partial charge on any atom is -0.493 e. The maximum atomic E-state index is 5.94. The Bertz CT molecular complexity index is 340. The summed E-state index contributed by atoms with van der Waals surface area (Å²) in [7, 11) is 0. The van der Waals surface area contributed by atoms with E-state index in [4.69, 9.17) is 4.74 Å². The van der Waals surface area contributed by atoms with Gasteiger partial charge in [0.15, 0.2) is 0 Å². The van der Waals surface area contributed by atoms with Crippen LogP contribution in [0.4, 0.5) is 0 Å². The molecular formula is C17H28O. The molecule has 102 valence electrons. The van der Waals surface area contributed by atoms with Crippen LogP contribution >= 0.6 is 0 Å². The van der Waals surface area contributed by atoms with Crippen LogP contribution in [-0.4, -0.2) is 6.61 Å². The maximum absolute atomic E-state index is 5.94. The normalized spacial score (nSPS) is 14.3. The standard InChI is InChI=1S/C17H28O/c1-16(2,3)12-14(17(4,5)6)13-18-15-10-8-7-9-11-15/h7-11,14H,12-13H2,1-6H3. The van der Waals surface area contributed by atoms with Crippen LogP contribution in [0.15, 0.2) is 30.3 Å². The Morgan fingerprint density at radius 3 is 1.94 bits per heavy atom. The zero-order chi connectivity index (χ0) is 13.8. The topological polar surface area (TPSA) is 9.23 Å². The van der Waals surface area contributed by atoms with Crippen molar-refractivity contribution >= 4 is 0 Å². The van der Waals surface area contributed by atoms with Crippen molar-refractivity contribution in [1.29, 1.82) is 0 Å². The molecule has 0 saturated carbocycles. The van der Waals surface area contributed by atoms with Crippen molar-refractivity contribution in [3.05, 3.63) is 30.3 Å². The molecule has 0 aliphatic carbocycles. The van der Waals surface area contributed by atoms with Gasteiger partial charge in [-0.05, 0) is 35.3 Å². The van der Waals surface area contributed by atoms with Gasteiger partial charge in [0.25, 0.3) is 0 Å². The zero-order valence-corrected chi connectivity index (χ0v) is 12.8. The van der Waals surface area contributed by atoms with Crippen LogP contribution in [0.1, 0.15) is 48.0 Å². The molecule has 1 aromatic carbocycles. The molecule has 0 saturated heterocycles. The van der Waals surface area contributed by atoms with E-state index in [-0.39, 0.29) is 5.41 Å². The highest BCUT2D eigenvalue weighted by Gasteiger charge is 2.29. The maximum Gasteiger partial charge on any atom is 0.119 e. The van der Waals surface area contributed by atoms with Gasteiger partial charge in [0.1, 0.15) is 5.75 Å². The van der Waals surface area contributed by atoms with E-state index in [1.165, 1.54) is 6.42 Å². The third kappa shape index (κ3) is 5.57. The fourth-order valence-corrected chi connectivity index (χ4v) is 2.07. The molecule has 0 fully saturated rings. The summed E-state index contributed by atoms with van der Waals surface area (Å²) in [5.74, 6) is 1.54. The van der Waals surface area contributed by atoms with Gasteiger partial charge in [-0.3, -0.25) is 0 Å². The van der Waals surface area contributed by atoms with Crippen molar-refractivity contribution in [1.82, 2.24) is 0 Å². The lowest BCUT2D eigenvalue weighted by Gasteiger charge is -2.35. The van der Waals surface area contributed by atoms with Crippen LogP contribution in [0.2, 0.25) is 0 Å². The number of para-hydroxylation sites is 1. The first-order valence-corrected chi connectivity index (χ1v) is 6.86. The van der Waals surface area contributed by atoms with E-state index in [2.05, 4.69) is 41.5 Å². The SMILES string of the molecule is CC(C)(C)CC(COc1ccccc1)C(C)(C)C. The van der Waals surface area contributed by atoms with Crippen molar-refractivity contribution < 1.29 is 4.74 Å². The summed E-state index contributed by atoms with van der Waals surface area (Å²) >= 11 is 0. The van der Waals surface area contributed by atoms with E-state index in [9.17, 15) is 0 Å². The Morgan fingerprint density at radius 2 is 1.50 bits per heavy atom. The molecule has 0 heterocycles. The highest BCUT2D eigenvalue weighted by atomic mass is 16.5. The number of hydrogen-bond donors (Lipinski definition) is 0. The molecular weight excluding hydrogens is 220 g/mol. The predicted molar refractivity (Wildman–Crippen MR) is 79.0 cm³/mol. The monoisotopic (exact) mass is 248 g/mol. The average molecular weight is 248 g/mol. The van der Waals surface area contributed by atoms with Crippen LogP contribution in [0.25, 0.3) is 0 Å². The van der Waals surface area contributed by atoms with Crippen molar-refractivity contribution in [3.8, 4) is 5.75 Å². The molecule has 0 N–H and O–H groups in total. The molecule has 0 aliphatic rings. The largest absolute Gasteiger partial charge is 0.493 e. The second-order valence-electron chi connectivity index (χ2n) is 7.45. The van der Waals surface area contributed by atoms with Crippen molar-refractivity contribution in [2.75, 3.05) is 6.61 Å². The lowest BCUT2D eigenvalue weighted by Crippen LogP contribution is -2.30. The smallest absolute Gasteiger partial charge is 0.119 e. The second kappa shape index (κ2) is 5.77. The summed E-state index contributed by atoms with van der Waals surface area (Å²) < 4.78 is 5.94. The molecule has 1 nitrogen and oxygen atoms in total. The van der Waals surface area contributed by atoms with Gasteiger partial charge in [0.2, 0.25) is 0 Å². The Hall–Kier alpha value is -0.980. The van der Waals surface area contributed by atoms with Crippen LogP contribution in [-0.2, 0) is 0 Å². The average Bonchev–Trinajstić information content (AvgIpc) is 2.22. The molecule has 0 bridgehead atoms. The van der Waals surface area contributed by atoms with Gasteiger partial charge in [-0.1, -0.05) is 59.7 Å². The lowest BCUT2D eigenvalue weighted by atomic mass is 9.72. The van der Waals surface area contributed by atoms with E-state index >= 15 is 0 Å². The highest BCUT2D eigenvalue weighted by Crippen LogP contribution is 2.36. The fraction of sp³-hybridized carbons (Fsp3) is 0.647. The fourth-order valence-electron chi connectivity index (χ4n) is 2.07. The summed E-state index contributed by atoms with van der Waals surface area (Å²) in [6, 6.07) is 10.1. The summed E-state index contributed by atoms with van der Waals surface area (Å²) in [6.07, 6.45) is 1.18. The lowest BCUT2D eigenvalue weighted by molar-refractivity contribution is 0.103. The Balaban J connectivity index is 2.63. The van der Waals surface area contributed by atoms with Gasteiger partial charge < -0.3 is 4.74 Å². The van der Waals surface area contributed by atoms with Gasteiger partial charge >= 0.3 is 0 Å². The third-order valence-electron chi connectivity index (χ3n) is 3.28.